The summed E-state index contributed by atoms with van der Waals surface area (Å²) in [6, 6.07) is 0.380. The van der Waals surface area contributed by atoms with Crippen molar-refractivity contribution in [2.24, 2.45) is 0 Å². The van der Waals surface area contributed by atoms with Gasteiger partial charge in [0.15, 0.2) is 0 Å². The van der Waals surface area contributed by atoms with Crippen LogP contribution in [-0.4, -0.2) is 32.7 Å². The van der Waals surface area contributed by atoms with Crippen LogP contribution in [-0.2, 0) is 6.42 Å². The molecule has 0 aliphatic heterocycles. The van der Waals surface area contributed by atoms with Crippen LogP contribution in [0.3, 0.4) is 0 Å². The van der Waals surface area contributed by atoms with E-state index in [0.29, 0.717) is 23.5 Å². The summed E-state index contributed by atoms with van der Waals surface area (Å²) in [7, 11) is 0. The molecule has 1 N–H and O–H groups in total. The first-order chi connectivity index (χ1) is 9.33. The van der Waals surface area contributed by atoms with Crippen molar-refractivity contribution in [2.45, 2.75) is 39.2 Å². The van der Waals surface area contributed by atoms with Gasteiger partial charge in [-0.3, -0.25) is 4.98 Å². The average Bonchev–Trinajstić information content (AvgIpc) is 2.89. The molecule has 2 rings (SSSR count). The third kappa shape index (κ3) is 3.82. The van der Waals surface area contributed by atoms with E-state index in [9.17, 15) is 0 Å². The maximum atomic E-state index is 5.27. The van der Waals surface area contributed by atoms with E-state index >= 15 is 0 Å². The molecule has 0 saturated carbocycles. The Balaban J connectivity index is 2.04. The summed E-state index contributed by atoms with van der Waals surface area (Å²) in [5, 5.41) is 7.37. The van der Waals surface area contributed by atoms with E-state index in [2.05, 4.69) is 39.3 Å². The van der Waals surface area contributed by atoms with Crippen LogP contribution in [0.4, 0.5) is 0 Å². The van der Waals surface area contributed by atoms with Crippen LogP contribution in [0.25, 0.3) is 11.5 Å². The first-order valence-corrected chi connectivity index (χ1v) is 6.65. The van der Waals surface area contributed by atoms with Gasteiger partial charge in [0.2, 0.25) is 11.7 Å². The lowest BCUT2D eigenvalue weighted by Crippen LogP contribution is -2.30. The highest BCUT2D eigenvalue weighted by Crippen LogP contribution is 2.13. The summed E-state index contributed by atoms with van der Waals surface area (Å²) in [4.78, 5) is 12.5. The van der Waals surface area contributed by atoms with Crippen LogP contribution in [0.15, 0.2) is 23.1 Å². The number of aromatic nitrogens is 4. The van der Waals surface area contributed by atoms with Gasteiger partial charge in [0.25, 0.3) is 0 Å². The molecular weight excluding hydrogens is 242 g/mol. The van der Waals surface area contributed by atoms with Crippen molar-refractivity contribution in [3.8, 4) is 11.5 Å². The van der Waals surface area contributed by atoms with Gasteiger partial charge in [-0.05, 0) is 13.0 Å². The lowest BCUT2D eigenvalue weighted by molar-refractivity contribution is 0.352. The van der Waals surface area contributed by atoms with Gasteiger partial charge in [0, 0.05) is 24.9 Å². The topological polar surface area (TPSA) is 76.7 Å². The molecule has 6 nitrogen and oxygen atoms in total. The first kappa shape index (κ1) is 13.6. The van der Waals surface area contributed by atoms with E-state index in [1.165, 1.54) is 0 Å². The molecule has 1 unspecified atom stereocenters. The number of hydrogen-bond donors (Lipinski definition) is 1. The normalized spacial score (nSPS) is 12.5. The SMILES string of the molecule is CCCC(Cc1nc(-c2cnccn2)no1)NCC. The van der Waals surface area contributed by atoms with Crippen molar-refractivity contribution in [1.29, 1.82) is 0 Å². The number of nitrogens with one attached hydrogen (secondary N) is 1. The van der Waals surface area contributed by atoms with Gasteiger partial charge in [0.1, 0.15) is 5.69 Å². The molecule has 0 bridgehead atoms. The zero-order chi connectivity index (χ0) is 13.5. The van der Waals surface area contributed by atoms with Crippen LogP contribution in [0, 0.1) is 0 Å². The van der Waals surface area contributed by atoms with Crippen molar-refractivity contribution in [3.05, 3.63) is 24.5 Å². The molecule has 2 aromatic heterocycles. The van der Waals surface area contributed by atoms with Gasteiger partial charge in [-0.1, -0.05) is 25.4 Å². The number of hydrogen-bond acceptors (Lipinski definition) is 6. The van der Waals surface area contributed by atoms with E-state index in [1.807, 2.05) is 0 Å². The van der Waals surface area contributed by atoms with Crippen LogP contribution in [0.1, 0.15) is 32.6 Å². The Bertz CT molecular complexity index is 479. The van der Waals surface area contributed by atoms with Crippen molar-refractivity contribution >= 4 is 0 Å². The Morgan fingerprint density at radius 1 is 1.32 bits per heavy atom. The molecule has 0 spiro atoms. The van der Waals surface area contributed by atoms with E-state index in [1.54, 1.807) is 18.6 Å². The van der Waals surface area contributed by atoms with Crippen LogP contribution >= 0.6 is 0 Å². The fourth-order valence-corrected chi connectivity index (χ4v) is 1.98. The molecule has 19 heavy (non-hydrogen) atoms. The van der Waals surface area contributed by atoms with Crippen LogP contribution in [0.5, 0.6) is 0 Å². The van der Waals surface area contributed by atoms with Gasteiger partial charge in [-0.2, -0.15) is 4.98 Å². The smallest absolute Gasteiger partial charge is 0.228 e. The largest absolute Gasteiger partial charge is 0.339 e. The highest BCUT2D eigenvalue weighted by atomic mass is 16.5. The van der Waals surface area contributed by atoms with Gasteiger partial charge in [-0.15, -0.1) is 0 Å². The van der Waals surface area contributed by atoms with Gasteiger partial charge >= 0.3 is 0 Å². The third-order valence-electron chi connectivity index (χ3n) is 2.81. The lowest BCUT2D eigenvalue weighted by Gasteiger charge is -2.14. The number of rotatable bonds is 7. The molecule has 2 aromatic rings. The Morgan fingerprint density at radius 2 is 2.21 bits per heavy atom. The molecule has 0 amide bonds. The second kappa shape index (κ2) is 6.94. The summed E-state index contributed by atoms with van der Waals surface area (Å²) in [6.45, 7) is 5.21. The molecular formula is C13H19N5O. The minimum atomic E-state index is 0.380. The summed E-state index contributed by atoms with van der Waals surface area (Å²) >= 11 is 0. The van der Waals surface area contributed by atoms with E-state index in [0.717, 1.165) is 25.8 Å². The zero-order valence-electron chi connectivity index (χ0n) is 11.3. The van der Waals surface area contributed by atoms with E-state index < -0.39 is 0 Å². The van der Waals surface area contributed by atoms with Crippen LogP contribution in [0.2, 0.25) is 0 Å². The van der Waals surface area contributed by atoms with Gasteiger partial charge in [0.05, 0.1) is 6.20 Å². The molecule has 0 saturated heterocycles. The second-order valence-electron chi connectivity index (χ2n) is 4.35. The third-order valence-corrected chi connectivity index (χ3v) is 2.81. The van der Waals surface area contributed by atoms with E-state index in [4.69, 9.17) is 4.52 Å². The standard InChI is InChI=1S/C13H19N5O/c1-3-5-10(15-4-2)8-12-17-13(18-19-12)11-9-14-6-7-16-11/h6-7,9-10,15H,3-5,8H2,1-2H3. The molecule has 2 heterocycles. The Kier molecular flexibility index (Phi) is 4.97. The Hall–Kier alpha value is -1.82. The minimum Gasteiger partial charge on any atom is -0.339 e. The Labute approximate surface area is 112 Å². The van der Waals surface area contributed by atoms with Gasteiger partial charge < -0.3 is 9.84 Å². The molecule has 6 heteroatoms. The fourth-order valence-electron chi connectivity index (χ4n) is 1.98. The Morgan fingerprint density at radius 3 is 2.89 bits per heavy atom. The van der Waals surface area contributed by atoms with Crippen LogP contribution < -0.4 is 5.32 Å². The second-order valence-corrected chi connectivity index (χ2v) is 4.35. The summed E-state index contributed by atoms with van der Waals surface area (Å²) in [5.74, 6) is 1.13. The zero-order valence-corrected chi connectivity index (χ0v) is 11.3. The minimum absolute atomic E-state index is 0.380. The molecule has 0 aliphatic rings. The predicted molar refractivity (Wildman–Crippen MR) is 71.4 cm³/mol. The summed E-state index contributed by atoms with van der Waals surface area (Å²) < 4.78 is 5.27. The molecule has 0 radical (unpaired) electrons. The van der Waals surface area contributed by atoms with Crippen molar-refractivity contribution in [2.75, 3.05) is 6.54 Å². The molecule has 0 aliphatic carbocycles. The molecule has 1 atom stereocenters. The summed E-state index contributed by atoms with van der Waals surface area (Å²) in [5.41, 5.74) is 0.632. The highest BCUT2D eigenvalue weighted by molar-refractivity contribution is 5.45. The quantitative estimate of drug-likeness (QED) is 0.819. The van der Waals surface area contributed by atoms with Gasteiger partial charge in [-0.25, -0.2) is 4.98 Å². The first-order valence-electron chi connectivity index (χ1n) is 6.65. The van der Waals surface area contributed by atoms with Crippen molar-refractivity contribution in [1.82, 2.24) is 25.4 Å². The molecule has 0 aromatic carbocycles. The lowest BCUT2D eigenvalue weighted by atomic mass is 10.1. The maximum absolute atomic E-state index is 5.27. The predicted octanol–water partition coefficient (Wildman–Crippen LogP) is 1.85. The van der Waals surface area contributed by atoms with Crippen molar-refractivity contribution < 1.29 is 4.52 Å². The fraction of sp³-hybridized carbons (Fsp3) is 0.538. The van der Waals surface area contributed by atoms with Crippen molar-refractivity contribution in [3.63, 3.8) is 0 Å². The average molecular weight is 261 g/mol. The number of nitrogens with zero attached hydrogens (tertiary/aromatic N) is 4. The summed E-state index contributed by atoms with van der Waals surface area (Å²) in [6.07, 6.45) is 7.83. The molecule has 102 valence electrons. The monoisotopic (exact) mass is 261 g/mol. The number of likely N-dealkylation sites (N-methyl/N-ethyl adjacent to an activating group) is 1. The highest BCUT2D eigenvalue weighted by Gasteiger charge is 2.14. The molecule has 0 fully saturated rings. The van der Waals surface area contributed by atoms with E-state index in [-0.39, 0.29) is 0 Å². The maximum Gasteiger partial charge on any atom is 0.228 e.